The number of benzene rings is 1. The van der Waals surface area contributed by atoms with Gasteiger partial charge in [0.25, 0.3) is 0 Å². The summed E-state index contributed by atoms with van der Waals surface area (Å²) in [6.07, 6.45) is 0. The van der Waals surface area contributed by atoms with Crippen LogP contribution in [-0.4, -0.2) is 18.5 Å². The molecule has 0 unspecified atom stereocenters. The summed E-state index contributed by atoms with van der Waals surface area (Å²) in [7, 11) is -5.84. The van der Waals surface area contributed by atoms with Crippen LogP contribution in [0.2, 0.25) is 0 Å². The van der Waals surface area contributed by atoms with Crippen LogP contribution in [0.15, 0.2) is 36.4 Å². The summed E-state index contributed by atoms with van der Waals surface area (Å²) in [5.74, 6) is 0. The minimum atomic E-state index is -5.84. The summed E-state index contributed by atoms with van der Waals surface area (Å²) < 4.78 is 57.5. The van der Waals surface area contributed by atoms with Crippen molar-refractivity contribution in [3.05, 3.63) is 36.4 Å². The Hall–Kier alpha value is -0.561. The van der Waals surface area contributed by atoms with Crippen LogP contribution in [0.3, 0.4) is 0 Å². The Bertz CT molecular complexity index is 323. The van der Waals surface area contributed by atoms with Gasteiger partial charge in [-0.2, -0.15) is 21.6 Å². The molecule has 0 aliphatic heterocycles. The van der Waals surface area contributed by atoms with Crippen molar-refractivity contribution in [1.82, 2.24) is 0 Å². The Morgan fingerprint density at radius 3 is 1.07 bits per heavy atom. The normalized spacial score (nSPS) is 10.7. The molecule has 3 nitrogen and oxygen atoms in total. The van der Waals surface area contributed by atoms with Gasteiger partial charge in [-0.25, -0.2) is 0 Å². The maximum absolute atomic E-state index is 10.7. The second-order valence-electron chi connectivity index (χ2n) is 2.08. The van der Waals surface area contributed by atoms with Crippen molar-refractivity contribution in [2.45, 2.75) is 5.51 Å². The summed E-state index contributed by atoms with van der Waals surface area (Å²) in [5.41, 5.74) is -5.53. The Morgan fingerprint density at radius 2 is 1.00 bits per heavy atom. The molecule has 0 bridgehead atoms. The van der Waals surface area contributed by atoms with Gasteiger partial charge in [0.05, 0.1) is 0 Å². The summed E-state index contributed by atoms with van der Waals surface area (Å²) in [4.78, 5) is 0. The first kappa shape index (κ1) is 16.9. The van der Waals surface area contributed by atoms with Crippen LogP contribution in [0.25, 0.3) is 0 Å². The molecule has 0 spiro atoms. The Balaban J connectivity index is 0. The zero-order valence-corrected chi connectivity index (χ0v) is 8.83. The number of rotatable bonds is 0. The Labute approximate surface area is 95.5 Å². The fraction of sp³-hybridized carbons (Fsp3) is 0.143. The Kier molecular flexibility index (Phi) is 7.68. The van der Waals surface area contributed by atoms with Crippen LogP contribution in [0.5, 0.6) is 0 Å². The van der Waals surface area contributed by atoms with Crippen LogP contribution >= 0.6 is 0 Å². The molecule has 0 fully saturated rings. The van der Waals surface area contributed by atoms with E-state index in [9.17, 15) is 13.2 Å². The van der Waals surface area contributed by atoms with Crippen molar-refractivity contribution >= 4 is 10.1 Å². The average Bonchev–Trinajstić information content (AvgIpc) is 2.05. The molecule has 0 radical (unpaired) electrons. The minimum Gasteiger partial charge on any atom is -0.279 e. The van der Waals surface area contributed by atoms with Crippen molar-refractivity contribution in [2.75, 3.05) is 0 Å². The number of alkyl halides is 3. The van der Waals surface area contributed by atoms with Crippen molar-refractivity contribution in [1.29, 1.82) is 0 Å². The van der Waals surface area contributed by atoms with Gasteiger partial charge >= 0.3 is 32.7 Å². The van der Waals surface area contributed by atoms with E-state index in [0.717, 1.165) is 0 Å². The SMILES string of the molecule is O=S(=O)(O)C(F)(F)F.[Cu+].c1ccccc1. The van der Waals surface area contributed by atoms with Gasteiger partial charge in [0.15, 0.2) is 0 Å². The van der Waals surface area contributed by atoms with E-state index in [2.05, 4.69) is 0 Å². The fourth-order valence-electron chi connectivity index (χ4n) is 0.385. The predicted octanol–water partition coefficient (Wildman–Crippen LogP) is 2.08. The standard InChI is InChI=1S/C6H6.CHF3O3S.Cu/c1-2-4-6-5-3-1;2-1(3,4)8(5,6)7;/h1-6H;(H,5,6,7);/q;;+1. The van der Waals surface area contributed by atoms with Crippen LogP contribution in [0, 0.1) is 0 Å². The Morgan fingerprint density at radius 1 is 0.867 bits per heavy atom. The van der Waals surface area contributed by atoms with Crippen LogP contribution < -0.4 is 0 Å². The molecule has 0 aliphatic rings. The molecule has 0 saturated carbocycles. The van der Waals surface area contributed by atoms with Gasteiger partial charge in [0.1, 0.15) is 0 Å². The molecule has 8 heteroatoms. The van der Waals surface area contributed by atoms with E-state index in [1.54, 1.807) is 0 Å². The third-order valence-electron chi connectivity index (χ3n) is 0.959. The molecular formula is C7H7CuF3O3S+. The second kappa shape index (κ2) is 6.84. The van der Waals surface area contributed by atoms with Crippen molar-refractivity contribution in [3.8, 4) is 0 Å². The smallest absolute Gasteiger partial charge is 0.279 e. The third-order valence-corrected chi connectivity index (χ3v) is 1.54. The van der Waals surface area contributed by atoms with E-state index >= 15 is 0 Å². The summed E-state index contributed by atoms with van der Waals surface area (Å²) in [6, 6.07) is 12.0. The van der Waals surface area contributed by atoms with Crippen LogP contribution in [0.1, 0.15) is 0 Å². The molecule has 0 aromatic heterocycles. The van der Waals surface area contributed by atoms with Crippen molar-refractivity contribution in [2.24, 2.45) is 0 Å². The van der Waals surface area contributed by atoms with Gasteiger partial charge in [-0.05, 0) is 0 Å². The monoisotopic (exact) mass is 291 g/mol. The first-order valence-electron chi connectivity index (χ1n) is 3.29. The summed E-state index contributed by atoms with van der Waals surface area (Å²) in [6.45, 7) is 0. The van der Waals surface area contributed by atoms with Crippen LogP contribution in [-0.2, 0) is 27.2 Å². The molecule has 1 N–H and O–H groups in total. The number of hydrogen-bond acceptors (Lipinski definition) is 2. The zero-order chi connectivity index (χ0) is 11.2. The van der Waals surface area contributed by atoms with Gasteiger partial charge in [-0.15, -0.1) is 0 Å². The topological polar surface area (TPSA) is 54.4 Å². The third kappa shape index (κ3) is 8.44. The molecule has 1 aromatic rings. The van der Waals surface area contributed by atoms with E-state index in [1.807, 2.05) is 36.4 Å². The zero-order valence-electron chi connectivity index (χ0n) is 7.07. The summed E-state index contributed by atoms with van der Waals surface area (Å²) in [5, 5.41) is 0. The molecule has 1 aromatic carbocycles. The van der Waals surface area contributed by atoms with Crippen molar-refractivity contribution < 1.29 is 43.2 Å². The summed E-state index contributed by atoms with van der Waals surface area (Å²) >= 11 is 0. The van der Waals surface area contributed by atoms with E-state index in [4.69, 9.17) is 13.0 Å². The van der Waals surface area contributed by atoms with E-state index in [0.29, 0.717) is 0 Å². The number of halogens is 3. The largest absolute Gasteiger partial charge is 1.00 e. The van der Waals surface area contributed by atoms with Gasteiger partial charge in [0.2, 0.25) is 0 Å². The molecule has 90 valence electrons. The molecule has 0 saturated heterocycles. The molecule has 0 atom stereocenters. The molecule has 1 rings (SSSR count). The quantitative estimate of drug-likeness (QED) is 0.452. The molecule has 0 heterocycles. The van der Waals surface area contributed by atoms with Gasteiger partial charge in [-0.3, -0.25) is 4.55 Å². The first-order chi connectivity index (χ1) is 6.25. The maximum Gasteiger partial charge on any atom is 1.00 e. The predicted molar refractivity (Wildman–Crippen MR) is 44.0 cm³/mol. The number of hydrogen-bond donors (Lipinski definition) is 1. The molecule has 0 amide bonds. The van der Waals surface area contributed by atoms with Gasteiger partial charge in [0, 0.05) is 0 Å². The molecule has 15 heavy (non-hydrogen) atoms. The van der Waals surface area contributed by atoms with Gasteiger partial charge < -0.3 is 0 Å². The fourth-order valence-corrected chi connectivity index (χ4v) is 0.385. The molecule has 0 aliphatic carbocycles. The molecular weight excluding hydrogens is 285 g/mol. The minimum absolute atomic E-state index is 0. The average molecular weight is 292 g/mol. The van der Waals surface area contributed by atoms with Crippen LogP contribution in [0.4, 0.5) is 13.2 Å². The van der Waals surface area contributed by atoms with E-state index in [-0.39, 0.29) is 17.1 Å². The first-order valence-corrected chi connectivity index (χ1v) is 4.73. The second-order valence-corrected chi connectivity index (χ2v) is 3.49. The van der Waals surface area contributed by atoms with Crippen molar-refractivity contribution in [3.63, 3.8) is 0 Å². The maximum atomic E-state index is 10.7. The van der Waals surface area contributed by atoms with E-state index < -0.39 is 15.6 Å². The van der Waals surface area contributed by atoms with Gasteiger partial charge in [-0.1, -0.05) is 36.4 Å². The van der Waals surface area contributed by atoms with E-state index in [1.165, 1.54) is 0 Å².